The minimum Gasteiger partial charge on any atom is -0.497 e. The Morgan fingerprint density at radius 2 is 2.12 bits per heavy atom. The number of ketones is 1. The van der Waals surface area contributed by atoms with Gasteiger partial charge < -0.3 is 4.74 Å². The fourth-order valence-corrected chi connectivity index (χ4v) is 3.50. The van der Waals surface area contributed by atoms with Crippen LogP contribution in [0.3, 0.4) is 0 Å². The SMILES string of the molecule is COc1cccc(Sc2cccc3nc(CC(=O)C4CC4)nn23)c1. The van der Waals surface area contributed by atoms with Crippen LogP contribution < -0.4 is 4.74 Å². The largest absolute Gasteiger partial charge is 0.497 e. The van der Waals surface area contributed by atoms with Crippen LogP contribution in [0, 0.1) is 5.92 Å². The summed E-state index contributed by atoms with van der Waals surface area (Å²) in [6.07, 6.45) is 2.36. The van der Waals surface area contributed by atoms with Crippen molar-refractivity contribution in [1.82, 2.24) is 14.6 Å². The first-order valence-corrected chi connectivity index (χ1v) is 8.74. The molecule has 24 heavy (non-hydrogen) atoms. The molecule has 2 aromatic heterocycles. The minimum absolute atomic E-state index is 0.238. The van der Waals surface area contributed by atoms with E-state index < -0.39 is 0 Å². The van der Waals surface area contributed by atoms with Crippen molar-refractivity contribution in [3.8, 4) is 5.75 Å². The Labute approximate surface area is 144 Å². The number of pyridine rings is 1. The van der Waals surface area contributed by atoms with Crippen molar-refractivity contribution >= 4 is 23.2 Å². The van der Waals surface area contributed by atoms with Gasteiger partial charge in [-0.3, -0.25) is 4.79 Å². The molecule has 1 saturated carbocycles. The molecule has 0 saturated heterocycles. The number of fused-ring (bicyclic) bond motifs is 1. The maximum Gasteiger partial charge on any atom is 0.159 e. The van der Waals surface area contributed by atoms with Crippen molar-refractivity contribution < 1.29 is 9.53 Å². The third-order valence-electron chi connectivity index (χ3n) is 4.00. The summed E-state index contributed by atoms with van der Waals surface area (Å²) in [5, 5.41) is 5.49. The summed E-state index contributed by atoms with van der Waals surface area (Å²) in [6, 6.07) is 13.8. The Hall–Kier alpha value is -2.34. The number of aromatic nitrogens is 3. The lowest BCUT2D eigenvalue weighted by Crippen LogP contribution is -2.06. The average molecular weight is 339 g/mol. The molecule has 0 spiro atoms. The molecule has 6 heteroatoms. The smallest absolute Gasteiger partial charge is 0.159 e. The Kier molecular flexibility index (Phi) is 3.98. The molecule has 5 nitrogen and oxygen atoms in total. The molecule has 4 rings (SSSR count). The molecule has 0 amide bonds. The lowest BCUT2D eigenvalue weighted by molar-refractivity contribution is -0.119. The maximum atomic E-state index is 12.0. The van der Waals surface area contributed by atoms with E-state index in [1.165, 1.54) is 0 Å². The van der Waals surface area contributed by atoms with Crippen molar-refractivity contribution in [2.24, 2.45) is 5.92 Å². The first-order chi connectivity index (χ1) is 11.7. The zero-order chi connectivity index (χ0) is 16.5. The molecule has 0 bridgehead atoms. The molecule has 2 heterocycles. The van der Waals surface area contributed by atoms with Gasteiger partial charge >= 0.3 is 0 Å². The second-order valence-electron chi connectivity index (χ2n) is 5.86. The van der Waals surface area contributed by atoms with E-state index in [0.717, 1.165) is 34.2 Å². The standard InChI is InChI=1S/C18H17N3O2S/c1-23-13-4-2-5-14(10-13)24-18-7-3-6-17-19-16(20-21(17)18)11-15(22)12-8-9-12/h2-7,10,12H,8-9,11H2,1H3. The summed E-state index contributed by atoms with van der Waals surface area (Å²) in [5.41, 5.74) is 0.765. The normalized spacial score (nSPS) is 14.0. The van der Waals surface area contributed by atoms with Crippen molar-refractivity contribution in [3.63, 3.8) is 0 Å². The Bertz CT molecular complexity index is 902. The molecule has 1 aliphatic rings. The van der Waals surface area contributed by atoms with E-state index in [1.54, 1.807) is 23.4 Å². The van der Waals surface area contributed by atoms with Gasteiger partial charge in [0.25, 0.3) is 0 Å². The molecular weight excluding hydrogens is 322 g/mol. The number of carbonyl (C=O) groups is 1. The second-order valence-corrected chi connectivity index (χ2v) is 6.95. The number of nitrogens with zero attached hydrogens (tertiary/aromatic N) is 3. The number of rotatable bonds is 6. The van der Waals surface area contributed by atoms with Crippen LogP contribution in [0.5, 0.6) is 5.75 Å². The van der Waals surface area contributed by atoms with Crippen molar-refractivity contribution in [2.45, 2.75) is 29.2 Å². The van der Waals surface area contributed by atoms with Gasteiger partial charge in [-0.05, 0) is 43.2 Å². The number of benzene rings is 1. The predicted molar refractivity (Wildman–Crippen MR) is 91.5 cm³/mol. The lowest BCUT2D eigenvalue weighted by atomic mass is 10.2. The van der Waals surface area contributed by atoms with E-state index in [9.17, 15) is 4.79 Å². The summed E-state index contributed by atoms with van der Waals surface area (Å²) in [4.78, 5) is 17.5. The van der Waals surface area contributed by atoms with Crippen LogP contribution in [0.15, 0.2) is 52.4 Å². The van der Waals surface area contributed by atoms with Gasteiger partial charge in [0.15, 0.2) is 11.5 Å². The Balaban J connectivity index is 1.62. The van der Waals surface area contributed by atoms with Crippen LogP contribution in [-0.2, 0) is 11.2 Å². The number of ether oxygens (including phenoxy) is 1. The number of hydrogen-bond donors (Lipinski definition) is 0. The third-order valence-corrected chi connectivity index (χ3v) is 5.01. The highest BCUT2D eigenvalue weighted by atomic mass is 32.2. The maximum absolute atomic E-state index is 12.0. The summed E-state index contributed by atoms with van der Waals surface area (Å²) in [7, 11) is 1.66. The Morgan fingerprint density at radius 3 is 2.92 bits per heavy atom. The molecule has 0 atom stereocenters. The summed E-state index contributed by atoms with van der Waals surface area (Å²) in [6.45, 7) is 0. The fraction of sp³-hybridized carbons (Fsp3) is 0.278. The number of carbonyl (C=O) groups excluding carboxylic acids is 1. The van der Waals surface area contributed by atoms with Gasteiger partial charge in [-0.2, -0.15) is 0 Å². The highest BCUT2D eigenvalue weighted by Gasteiger charge is 2.30. The number of Topliss-reactive ketones (excluding diaryl/α,β-unsaturated/α-hetero) is 1. The van der Waals surface area contributed by atoms with E-state index >= 15 is 0 Å². The number of methoxy groups -OCH3 is 1. The average Bonchev–Trinajstić information content (AvgIpc) is 3.36. The molecule has 1 aromatic carbocycles. The topological polar surface area (TPSA) is 56.5 Å². The molecule has 0 N–H and O–H groups in total. The molecule has 1 fully saturated rings. The van der Waals surface area contributed by atoms with Crippen LogP contribution in [0.25, 0.3) is 5.65 Å². The molecule has 0 radical (unpaired) electrons. The molecule has 122 valence electrons. The fourth-order valence-electron chi connectivity index (χ4n) is 2.57. The second kappa shape index (κ2) is 6.28. The van der Waals surface area contributed by atoms with Gasteiger partial charge in [0.2, 0.25) is 0 Å². The highest BCUT2D eigenvalue weighted by molar-refractivity contribution is 7.99. The van der Waals surface area contributed by atoms with Crippen molar-refractivity contribution in [2.75, 3.05) is 7.11 Å². The van der Waals surface area contributed by atoms with Crippen LogP contribution >= 0.6 is 11.8 Å². The van der Waals surface area contributed by atoms with Crippen LogP contribution in [0.2, 0.25) is 0 Å². The van der Waals surface area contributed by atoms with Crippen molar-refractivity contribution in [3.05, 3.63) is 48.3 Å². The van der Waals surface area contributed by atoms with Crippen LogP contribution in [0.1, 0.15) is 18.7 Å². The summed E-state index contributed by atoms with van der Waals surface area (Å²) in [5.74, 6) is 1.92. The summed E-state index contributed by atoms with van der Waals surface area (Å²) >= 11 is 1.59. The van der Waals surface area contributed by atoms with Gasteiger partial charge in [0.05, 0.1) is 13.5 Å². The van der Waals surface area contributed by atoms with Gasteiger partial charge in [-0.15, -0.1) is 5.10 Å². The lowest BCUT2D eigenvalue weighted by Gasteiger charge is -2.05. The van der Waals surface area contributed by atoms with E-state index in [0.29, 0.717) is 12.2 Å². The van der Waals surface area contributed by atoms with Gasteiger partial charge in [0.1, 0.15) is 16.6 Å². The van der Waals surface area contributed by atoms with E-state index in [-0.39, 0.29) is 11.7 Å². The zero-order valence-corrected chi connectivity index (χ0v) is 14.1. The molecule has 1 aliphatic carbocycles. The quantitative estimate of drug-likeness (QED) is 0.689. The van der Waals surface area contributed by atoms with Gasteiger partial charge in [-0.1, -0.05) is 23.9 Å². The highest BCUT2D eigenvalue weighted by Crippen LogP contribution is 2.32. The van der Waals surface area contributed by atoms with Crippen LogP contribution in [-0.4, -0.2) is 27.5 Å². The van der Waals surface area contributed by atoms with E-state index in [2.05, 4.69) is 10.1 Å². The van der Waals surface area contributed by atoms with Gasteiger partial charge in [0, 0.05) is 10.8 Å². The molecule has 3 aromatic rings. The number of hydrogen-bond acceptors (Lipinski definition) is 5. The van der Waals surface area contributed by atoms with Crippen LogP contribution in [0.4, 0.5) is 0 Å². The first kappa shape index (κ1) is 15.2. The van der Waals surface area contributed by atoms with Gasteiger partial charge in [-0.25, -0.2) is 9.50 Å². The van der Waals surface area contributed by atoms with Crippen molar-refractivity contribution in [1.29, 1.82) is 0 Å². The monoisotopic (exact) mass is 339 g/mol. The Morgan fingerprint density at radius 1 is 1.29 bits per heavy atom. The molecule has 0 aliphatic heterocycles. The van der Waals surface area contributed by atoms with E-state index in [1.807, 2.05) is 42.5 Å². The summed E-state index contributed by atoms with van der Waals surface area (Å²) < 4.78 is 7.08. The predicted octanol–water partition coefficient (Wildman–Crippen LogP) is 3.41. The molecule has 0 unspecified atom stereocenters. The first-order valence-electron chi connectivity index (χ1n) is 7.92. The third kappa shape index (κ3) is 3.14. The molecular formula is C18H17N3O2S. The van der Waals surface area contributed by atoms with E-state index in [4.69, 9.17) is 4.74 Å². The minimum atomic E-state index is 0.238. The zero-order valence-electron chi connectivity index (χ0n) is 13.3.